The van der Waals surface area contributed by atoms with Crippen LogP contribution in [0.3, 0.4) is 0 Å². The Morgan fingerprint density at radius 2 is 1.79 bits per heavy atom. The lowest BCUT2D eigenvalue weighted by Crippen LogP contribution is -2.33. The first kappa shape index (κ1) is 21.4. The molecule has 2 aromatic carbocycles. The van der Waals surface area contributed by atoms with Gasteiger partial charge in [0.25, 0.3) is 0 Å². The van der Waals surface area contributed by atoms with Crippen LogP contribution < -0.4 is 4.72 Å². The topological polar surface area (TPSA) is 83.5 Å². The number of fused-ring (bicyclic) bond motifs is 1. The molecule has 2 aromatic rings. The van der Waals surface area contributed by atoms with Gasteiger partial charge in [0.1, 0.15) is 0 Å². The van der Waals surface area contributed by atoms with E-state index in [0.29, 0.717) is 10.9 Å². The van der Waals surface area contributed by atoms with Gasteiger partial charge in [-0.15, -0.1) is 0 Å². The van der Waals surface area contributed by atoms with E-state index < -0.39 is 19.9 Å². The quantitative estimate of drug-likeness (QED) is 0.608. The summed E-state index contributed by atoms with van der Waals surface area (Å²) in [6.45, 7) is 2.92. The molecule has 1 heterocycles. The molecule has 0 atom stereocenters. The van der Waals surface area contributed by atoms with Crippen LogP contribution in [-0.2, 0) is 32.8 Å². The monoisotopic (exact) mass is 486 g/mol. The molecule has 1 N–H and O–H groups in total. The summed E-state index contributed by atoms with van der Waals surface area (Å²) in [6.07, 6.45) is 2.73. The van der Waals surface area contributed by atoms with Crippen LogP contribution in [0.4, 0.5) is 0 Å². The summed E-state index contributed by atoms with van der Waals surface area (Å²) in [7, 11) is -7.29. The molecule has 3 rings (SSSR count). The minimum atomic E-state index is -3.81. The number of nitrogens with one attached hydrogen (secondary N) is 1. The van der Waals surface area contributed by atoms with Crippen molar-refractivity contribution < 1.29 is 16.8 Å². The van der Waals surface area contributed by atoms with E-state index in [1.165, 1.54) is 29.3 Å². The SMILES string of the molecule is CS(=O)(=O)c1ccc(Br)c(S(=O)(=O)NCCCN2CCc3ccccc3C2)c1. The van der Waals surface area contributed by atoms with Crippen molar-refractivity contribution in [2.45, 2.75) is 29.2 Å². The second-order valence-electron chi connectivity index (χ2n) is 6.91. The molecule has 0 spiro atoms. The van der Waals surface area contributed by atoms with Crippen LogP contribution in [0.5, 0.6) is 0 Å². The van der Waals surface area contributed by atoms with Gasteiger partial charge in [-0.05, 0) is 64.6 Å². The number of nitrogens with zero attached hydrogens (tertiary/aromatic N) is 1. The summed E-state index contributed by atoms with van der Waals surface area (Å²) < 4.78 is 51.5. The van der Waals surface area contributed by atoms with E-state index in [9.17, 15) is 16.8 Å². The van der Waals surface area contributed by atoms with Crippen LogP contribution in [0.1, 0.15) is 17.5 Å². The van der Waals surface area contributed by atoms with Gasteiger partial charge in [0.05, 0.1) is 9.79 Å². The number of benzene rings is 2. The average Bonchev–Trinajstić information content (AvgIpc) is 2.64. The number of sulfonamides is 1. The van der Waals surface area contributed by atoms with Crippen molar-refractivity contribution in [3.8, 4) is 0 Å². The maximum absolute atomic E-state index is 12.6. The highest BCUT2D eigenvalue weighted by molar-refractivity contribution is 9.10. The van der Waals surface area contributed by atoms with Crippen molar-refractivity contribution in [3.63, 3.8) is 0 Å². The number of halogens is 1. The molecule has 0 saturated heterocycles. The Hall–Kier alpha value is -1.26. The highest BCUT2D eigenvalue weighted by Gasteiger charge is 2.21. The molecule has 0 saturated carbocycles. The van der Waals surface area contributed by atoms with Crippen LogP contribution in [0.15, 0.2) is 56.7 Å². The minimum absolute atomic E-state index is 0.0249. The highest BCUT2D eigenvalue weighted by Crippen LogP contribution is 2.25. The molecule has 0 bridgehead atoms. The summed E-state index contributed by atoms with van der Waals surface area (Å²) in [4.78, 5) is 2.22. The second-order valence-corrected chi connectivity index (χ2v) is 11.5. The molecule has 28 heavy (non-hydrogen) atoms. The van der Waals surface area contributed by atoms with E-state index in [-0.39, 0.29) is 16.3 Å². The largest absolute Gasteiger partial charge is 0.299 e. The van der Waals surface area contributed by atoms with E-state index in [0.717, 1.165) is 32.3 Å². The van der Waals surface area contributed by atoms with Crippen molar-refractivity contribution in [3.05, 3.63) is 58.1 Å². The van der Waals surface area contributed by atoms with E-state index in [1.54, 1.807) is 0 Å². The van der Waals surface area contributed by atoms with Crippen LogP contribution in [0.2, 0.25) is 0 Å². The van der Waals surface area contributed by atoms with E-state index >= 15 is 0 Å². The molecule has 1 aliphatic heterocycles. The maximum Gasteiger partial charge on any atom is 0.241 e. The van der Waals surface area contributed by atoms with Crippen LogP contribution >= 0.6 is 15.9 Å². The van der Waals surface area contributed by atoms with Crippen molar-refractivity contribution in [2.75, 3.05) is 25.9 Å². The van der Waals surface area contributed by atoms with Crippen molar-refractivity contribution in [2.24, 2.45) is 0 Å². The third-order valence-corrected chi connectivity index (χ3v) is 8.34. The third kappa shape index (κ3) is 5.21. The Morgan fingerprint density at radius 3 is 2.50 bits per heavy atom. The zero-order valence-corrected chi connectivity index (χ0v) is 18.8. The van der Waals surface area contributed by atoms with Crippen LogP contribution in [0, 0.1) is 0 Å². The maximum atomic E-state index is 12.6. The van der Waals surface area contributed by atoms with Crippen molar-refractivity contribution >= 4 is 35.8 Å². The van der Waals surface area contributed by atoms with Gasteiger partial charge in [-0.25, -0.2) is 21.6 Å². The standard InChI is InChI=1S/C19H23BrN2O4S2/c1-27(23,24)17-7-8-18(20)19(13-17)28(25,26)21-10-4-11-22-12-9-15-5-2-3-6-16(15)14-22/h2-3,5-8,13,21H,4,9-12,14H2,1H3. The Balaban J connectivity index is 1.58. The third-order valence-electron chi connectivity index (χ3n) is 4.77. The van der Waals surface area contributed by atoms with Gasteiger partial charge < -0.3 is 0 Å². The van der Waals surface area contributed by atoms with Crippen LogP contribution in [-0.4, -0.2) is 47.6 Å². The van der Waals surface area contributed by atoms with Crippen LogP contribution in [0.25, 0.3) is 0 Å². The van der Waals surface area contributed by atoms with Gasteiger partial charge in [-0.1, -0.05) is 24.3 Å². The first-order valence-electron chi connectivity index (χ1n) is 8.95. The number of hydrogen-bond donors (Lipinski definition) is 1. The summed E-state index contributed by atoms with van der Waals surface area (Å²) in [5.74, 6) is 0. The molecule has 0 aromatic heterocycles. The van der Waals surface area contributed by atoms with Crippen molar-refractivity contribution in [1.29, 1.82) is 0 Å². The molecule has 0 fully saturated rings. The molecular weight excluding hydrogens is 464 g/mol. The molecule has 6 nitrogen and oxygen atoms in total. The fraction of sp³-hybridized carbons (Fsp3) is 0.368. The van der Waals surface area contributed by atoms with Crippen molar-refractivity contribution in [1.82, 2.24) is 9.62 Å². The van der Waals surface area contributed by atoms with E-state index in [2.05, 4.69) is 43.8 Å². The number of sulfone groups is 1. The first-order chi connectivity index (χ1) is 13.2. The molecule has 0 radical (unpaired) electrons. The lowest BCUT2D eigenvalue weighted by atomic mass is 10.00. The Bertz CT molecular complexity index is 1070. The van der Waals surface area contributed by atoms with Gasteiger partial charge in [-0.3, -0.25) is 4.90 Å². The Morgan fingerprint density at radius 1 is 1.07 bits per heavy atom. The molecule has 0 aliphatic carbocycles. The number of rotatable bonds is 7. The summed E-state index contributed by atoms with van der Waals surface area (Å²) in [5.41, 5.74) is 2.71. The predicted octanol–water partition coefficient (Wildman–Crippen LogP) is 2.58. The molecular formula is C19H23BrN2O4S2. The minimum Gasteiger partial charge on any atom is -0.299 e. The molecule has 0 amide bonds. The lowest BCUT2D eigenvalue weighted by Gasteiger charge is -2.28. The van der Waals surface area contributed by atoms with Gasteiger partial charge >= 0.3 is 0 Å². The Labute approximate surface area is 175 Å². The molecule has 0 unspecified atom stereocenters. The normalized spacial score (nSPS) is 15.4. The Kier molecular flexibility index (Phi) is 6.61. The van der Waals surface area contributed by atoms with Gasteiger partial charge in [-0.2, -0.15) is 0 Å². The summed E-state index contributed by atoms with van der Waals surface area (Å²) in [5, 5.41) is 0. The summed E-state index contributed by atoms with van der Waals surface area (Å²) in [6, 6.07) is 12.4. The fourth-order valence-electron chi connectivity index (χ4n) is 3.25. The van der Waals surface area contributed by atoms with E-state index in [4.69, 9.17) is 0 Å². The van der Waals surface area contributed by atoms with Gasteiger partial charge in [0.15, 0.2) is 9.84 Å². The molecule has 152 valence electrons. The number of hydrogen-bond acceptors (Lipinski definition) is 5. The van der Waals surface area contributed by atoms with Gasteiger partial charge in [0.2, 0.25) is 10.0 Å². The molecule has 1 aliphatic rings. The first-order valence-corrected chi connectivity index (χ1v) is 13.1. The van der Waals surface area contributed by atoms with Gasteiger partial charge in [0, 0.05) is 30.4 Å². The second kappa shape index (κ2) is 8.62. The van der Waals surface area contributed by atoms with E-state index in [1.807, 2.05) is 6.07 Å². The zero-order chi connectivity index (χ0) is 20.4. The zero-order valence-electron chi connectivity index (χ0n) is 15.6. The average molecular weight is 487 g/mol. The fourth-order valence-corrected chi connectivity index (χ4v) is 6.04. The smallest absolute Gasteiger partial charge is 0.241 e. The summed E-state index contributed by atoms with van der Waals surface area (Å²) >= 11 is 3.20. The lowest BCUT2D eigenvalue weighted by molar-refractivity contribution is 0.251. The highest BCUT2D eigenvalue weighted by atomic mass is 79.9. The molecule has 9 heteroatoms. The predicted molar refractivity (Wildman–Crippen MR) is 112 cm³/mol.